The van der Waals surface area contributed by atoms with Crippen LogP contribution in [0.15, 0.2) is 0 Å². The van der Waals surface area contributed by atoms with Gasteiger partial charge in [-0.15, -0.1) is 0 Å². The van der Waals surface area contributed by atoms with E-state index < -0.39 is 0 Å². The Hall–Kier alpha value is -0.610. The van der Waals surface area contributed by atoms with Gasteiger partial charge in [0.1, 0.15) is 0 Å². The molecule has 1 N–H and O–H groups in total. The Morgan fingerprint density at radius 1 is 1.28 bits per heavy atom. The molecule has 0 aromatic rings. The molecule has 1 heterocycles. The molecule has 1 amide bonds. The van der Waals surface area contributed by atoms with Gasteiger partial charge in [-0.1, -0.05) is 27.7 Å². The topological polar surface area (TPSA) is 35.6 Å². The van der Waals surface area contributed by atoms with Gasteiger partial charge < -0.3 is 15.1 Å². The zero-order valence-corrected chi connectivity index (χ0v) is 12.4. The van der Waals surface area contributed by atoms with Crippen molar-refractivity contribution in [3.63, 3.8) is 0 Å². The summed E-state index contributed by atoms with van der Waals surface area (Å²) < 4.78 is 0. The number of carbonyl (C=O) groups is 1. The molecule has 0 atom stereocenters. The molecule has 4 nitrogen and oxygen atoms in total. The Kier molecular flexibility index (Phi) is 6.65. The van der Waals surface area contributed by atoms with Gasteiger partial charge in [0.05, 0.1) is 6.54 Å². The summed E-state index contributed by atoms with van der Waals surface area (Å²) in [4.78, 5) is 16.5. The van der Waals surface area contributed by atoms with E-state index in [0.29, 0.717) is 18.6 Å². The summed E-state index contributed by atoms with van der Waals surface area (Å²) in [7, 11) is 0. The molecule has 0 aromatic carbocycles. The van der Waals surface area contributed by atoms with Gasteiger partial charge in [-0.25, -0.2) is 0 Å². The highest BCUT2D eigenvalue weighted by molar-refractivity contribution is 5.78. The van der Waals surface area contributed by atoms with E-state index in [4.69, 9.17) is 0 Å². The van der Waals surface area contributed by atoms with Crippen LogP contribution in [0, 0.1) is 0 Å². The van der Waals surface area contributed by atoms with E-state index in [2.05, 4.69) is 37.9 Å². The van der Waals surface area contributed by atoms with Gasteiger partial charge in [0.15, 0.2) is 0 Å². The highest BCUT2D eigenvalue weighted by atomic mass is 16.2. The van der Waals surface area contributed by atoms with Crippen molar-refractivity contribution in [1.82, 2.24) is 15.1 Å². The largest absolute Gasteiger partial charge is 0.341 e. The molecule has 106 valence electrons. The van der Waals surface area contributed by atoms with Crippen LogP contribution in [0.25, 0.3) is 0 Å². The molecule has 0 spiro atoms. The summed E-state index contributed by atoms with van der Waals surface area (Å²) in [6.07, 6.45) is 2.24. The molecule has 0 saturated carbocycles. The molecule has 0 radical (unpaired) electrons. The summed E-state index contributed by atoms with van der Waals surface area (Å²) in [6, 6.07) is 1.05. The molecule has 0 aliphatic carbocycles. The zero-order chi connectivity index (χ0) is 13.5. The predicted molar refractivity (Wildman–Crippen MR) is 75.7 cm³/mol. The fourth-order valence-electron chi connectivity index (χ4n) is 2.62. The van der Waals surface area contributed by atoms with Gasteiger partial charge in [-0.05, 0) is 25.9 Å². The minimum Gasteiger partial charge on any atom is -0.341 e. The average molecular weight is 255 g/mol. The van der Waals surface area contributed by atoms with Crippen LogP contribution in [-0.2, 0) is 4.79 Å². The Balaban J connectivity index is 2.32. The van der Waals surface area contributed by atoms with Gasteiger partial charge >= 0.3 is 0 Å². The molecular weight excluding hydrogens is 226 g/mol. The summed E-state index contributed by atoms with van der Waals surface area (Å²) in [5.41, 5.74) is 0. The van der Waals surface area contributed by atoms with Crippen LogP contribution in [0.5, 0.6) is 0 Å². The number of hydrogen-bond acceptors (Lipinski definition) is 3. The maximum Gasteiger partial charge on any atom is 0.236 e. The first kappa shape index (κ1) is 15.4. The third kappa shape index (κ3) is 4.58. The third-order valence-corrected chi connectivity index (χ3v) is 3.81. The van der Waals surface area contributed by atoms with Crippen molar-refractivity contribution >= 4 is 5.91 Å². The van der Waals surface area contributed by atoms with Crippen LogP contribution in [0.4, 0.5) is 0 Å². The van der Waals surface area contributed by atoms with E-state index >= 15 is 0 Å². The number of piperidine rings is 1. The molecule has 1 aliphatic rings. The molecule has 1 saturated heterocycles. The smallest absolute Gasteiger partial charge is 0.236 e. The van der Waals surface area contributed by atoms with Crippen molar-refractivity contribution in [2.24, 2.45) is 0 Å². The fourth-order valence-corrected chi connectivity index (χ4v) is 2.62. The maximum atomic E-state index is 12.0. The van der Waals surface area contributed by atoms with Gasteiger partial charge in [-0.3, -0.25) is 4.79 Å². The van der Waals surface area contributed by atoms with Gasteiger partial charge in [0.2, 0.25) is 5.91 Å². The van der Waals surface area contributed by atoms with E-state index in [-0.39, 0.29) is 5.91 Å². The van der Waals surface area contributed by atoms with E-state index in [1.807, 2.05) is 4.90 Å². The van der Waals surface area contributed by atoms with Crippen LogP contribution in [0.1, 0.15) is 40.5 Å². The average Bonchev–Trinajstić information content (AvgIpc) is 2.38. The van der Waals surface area contributed by atoms with Crippen LogP contribution in [0.2, 0.25) is 0 Å². The van der Waals surface area contributed by atoms with E-state index in [1.54, 1.807) is 0 Å². The monoisotopic (exact) mass is 255 g/mol. The molecule has 0 unspecified atom stereocenters. The first-order chi connectivity index (χ1) is 8.58. The highest BCUT2D eigenvalue weighted by Crippen LogP contribution is 2.16. The summed E-state index contributed by atoms with van der Waals surface area (Å²) >= 11 is 0. The van der Waals surface area contributed by atoms with Gasteiger partial charge in [0.25, 0.3) is 0 Å². The van der Waals surface area contributed by atoms with E-state index in [1.165, 1.54) is 0 Å². The molecule has 0 bridgehead atoms. The maximum absolute atomic E-state index is 12.0. The summed E-state index contributed by atoms with van der Waals surface area (Å²) in [5.74, 6) is 0.252. The van der Waals surface area contributed by atoms with Gasteiger partial charge in [0, 0.05) is 25.2 Å². The highest BCUT2D eigenvalue weighted by Gasteiger charge is 2.25. The Morgan fingerprint density at radius 3 is 2.28 bits per heavy atom. The van der Waals surface area contributed by atoms with Crippen LogP contribution in [0.3, 0.4) is 0 Å². The molecule has 1 fully saturated rings. The normalized spacial score (nSPS) is 17.8. The van der Waals surface area contributed by atoms with Crippen molar-refractivity contribution in [3.8, 4) is 0 Å². The van der Waals surface area contributed by atoms with Crippen molar-refractivity contribution in [2.75, 3.05) is 32.7 Å². The molecule has 4 heteroatoms. The lowest BCUT2D eigenvalue weighted by molar-refractivity contribution is -0.131. The lowest BCUT2D eigenvalue weighted by Gasteiger charge is -2.37. The summed E-state index contributed by atoms with van der Waals surface area (Å²) in [6.45, 7) is 13.1. The van der Waals surface area contributed by atoms with Crippen molar-refractivity contribution in [2.45, 2.75) is 52.6 Å². The molecule has 1 rings (SSSR count). The number of amides is 1. The van der Waals surface area contributed by atoms with E-state index in [0.717, 1.165) is 39.0 Å². The minimum atomic E-state index is 0.252. The second kappa shape index (κ2) is 7.74. The van der Waals surface area contributed by atoms with Crippen molar-refractivity contribution in [3.05, 3.63) is 0 Å². The fraction of sp³-hybridized carbons (Fsp3) is 0.929. The van der Waals surface area contributed by atoms with Crippen LogP contribution >= 0.6 is 0 Å². The zero-order valence-electron chi connectivity index (χ0n) is 12.4. The second-order valence-electron chi connectivity index (χ2n) is 5.37. The predicted octanol–water partition coefficient (Wildman–Crippen LogP) is 1.32. The minimum absolute atomic E-state index is 0.252. The quantitative estimate of drug-likeness (QED) is 0.777. The summed E-state index contributed by atoms with van der Waals surface area (Å²) in [5, 5.41) is 3.20. The Labute approximate surface area is 112 Å². The van der Waals surface area contributed by atoms with Gasteiger partial charge in [-0.2, -0.15) is 0 Å². The third-order valence-electron chi connectivity index (χ3n) is 3.81. The standard InChI is InChI=1S/C14H29N3O/c1-5-16(6-2)13-7-9-17(10-8-13)14(18)11-15-12(3)4/h12-13,15H,5-11H2,1-4H3. The van der Waals surface area contributed by atoms with E-state index in [9.17, 15) is 4.79 Å². The Morgan fingerprint density at radius 2 is 1.83 bits per heavy atom. The SMILES string of the molecule is CCN(CC)C1CCN(C(=O)CNC(C)C)CC1. The van der Waals surface area contributed by atoms with Crippen molar-refractivity contribution < 1.29 is 4.79 Å². The van der Waals surface area contributed by atoms with Crippen molar-refractivity contribution in [1.29, 1.82) is 0 Å². The number of nitrogens with zero attached hydrogens (tertiary/aromatic N) is 2. The first-order valence-electron chi connectivity index (χ1n) is 7.33. The lowest BCUT2D eigenvalue weighted by atomic mass is 10.0. The molecule has 0 aromatic heterocycles. The molecular formula is C14H29N3O. The Bertz CT molecular complexity index is 243. The number of rotatable bonds is 6. The number of nitrogens with one attached hydrogen (secondary N) is 1. The van der Waals surface area contributed by atoms with Crippen LogP contribution in [-0.4, -0.2) is 60.5 Å². The number of carbonyl (C=O) groups excluding carboxylic acids is 1. The first-order valence-corrected chi connectivity index (χ1v) is 7.33. The number of likely N-dealkylation sites (tertiary alicyclic amines) is 1. The number of hydrogen-bond donors (Lipinski definition) is 1. The molecule has 18 heavy (non-hydrogen) atoms. The second-order valence-corrected chi connectivity index (χ2v) is 5.37. The molecule has 1 aliphatic heterocycles. The van der Waals surface area contributed by atoms with Crippen LogP contribution < -0.4 is 5.32 Å². The lowest BCUT2D eigenvalue weighted by Crippen LogP contribution is -2.49.